The summed E-state index contributed by atoms with van der Waals surface area (Å²) in [6.45, 7) is 1.16. The molecular weight excluding hydrogens is 497 g/mol. The fraction of sp³-hybridized carbons (Fsp3) is 0.238. The van der Waals surface area contributed by atoms with Crippen molar-refractivity contribution >= 4 is 52.2 Å². The molecule has 0 unspecified atom stereocenters. The molecule has 8 nitrogen and oxygen atoms in total. The average molecular weight is 517 g/mol. The number of thiocarbonyl (C=S) groups is 1. The molecule has 182 valence electrons. The van der Waals surface area contributed by atoms with Crippen molar-refractivity contribution in [3.8, 4) is 11.3 Å². The van der Waals surface area contributed by atoms with Crippen molar-refractivity contribution in [2.24, 2.45) is 5.73 Å². The van der Waals surface area contributed by atoms with Crippen LogP contribution in [-0.4, -0.2) is 56.5 Å². The highest BCUT2D eigenvalue weighted by Crippen LogP contribution is 2.33. The zero-order valence-electron chi connectivity index (χ0n) is 17.4. The van der Waals surface area contributed by atoms with Crippen molar-refractivity contribution in [1.82, 2.24) is 4.90 Å². The van der Waals surface area contributed by atoms with Crippen molar-refractivity contribution in [3.63, 3.8) is 0 Å². The molecule has 1 saturated heterocycles. The van der Waals surface area contributed by atoms with E-state index in [-0.39, 0.29) is 11.5 Å². The number of benzene rings is 1. The largest absolute Gasteiger partial charge is 0.490 e. The SMILES string of the molecule is NCCCCN1C(=O)/C(=C\c2ccc(-c3ccc(C(=O)O)cc3)o2)SC1=S.O=C(O)C(F)(F)F. The number of aromatic carboxylic acids is 1. The van der Waals surface area contributed by atoms with E-state index in [0.717, 1.165) is 18.4 Å². The van der Waals surface area contributed by atoms with E-state index < -0.39 is 18.1 Å². The van der Waals surface area contributed by atoms with Gasteiger partial charge in [-0.05, 0) is 43.7 Å². The Labute approximate surface area is 201 Å². The predicted molar refractivity (Wildman–Crippen MR) is 123 cm³/mol. The van der Waals surface area contributed by atoms with Gasteiger partial charge in [0.2, 0.25) is 0 Å². The van der Waals surface area contributed by atoms with Crippen LogP contribution in [0.3, 0.4) is 0 Å². The van der Waals surface area contributed by atoms with E-state index in [1.807, 2.05) is 0 Å². The average Bonchev–Trinajstić information content (AvgIpc) is 3.34. The molecule has 0 bridgehead atoms. The van der Waals surface area contributed by atoms with Crippen molar-refractivity contribution in [1.29, 1.82) is 0 Å². The molecule has 1 aliphatic rings. The van der Waals surface area contributed by atoms with Crippen molar-refractivity contribution < 1.29 is 42.2 Å². The molecule has 0 atom stereocenters. The zero-order chi connectivity index (χ0) is 25.5. The second-order valence-electron chi connectivity index (χ2n) is 6.72. The van der Waals surface area contributed by atoms with Gasteiger partial charge in [-0.2, -0.15) is 13.2 Å². The van der Waals surface area contributed by atoms with E-state index in [4.69, 9.17) is 37.4 Å². The summed E-state index contributed by atoms with van der Waals surface area (Å²) in [4.78, 5) is 34.5. The molecule has 0 saturated carbocycles. The number of rotatable bonds is 7. The summed E-state index contributed by atoms with van der Waals surface area (Å²) in [6, 6.07) is 9.95. The number of halogens is 3. The third-order valence-corrected chi connectivity index (χ3v) is 5.65. The summed E-state index contributed by atoms with van der Waals surface area (Å²) in [5.41, 5.74) is 6.46. The van der Waals surface area contributed by atoms with E-state index in [1.54, 1.807) is 35.2 Å². The van der Waals surface area contributed by atoms with Gasteiger partial charge in [0.1, 0.15) is 15.8 Å². The van der Waals surface area contributed by atoms with Crippen molar-refractivity contribution in [3.05, 3.63) is 52.6 Å². The van der Waals surface area contributed by atoms with Crippen molar-refractivity contribution in [2.75, 3.05) is 13.1 Å². The molecule has 0 aliphatic carbocycles. The zero-order valence-corrected chi connectivity index (χ0v) is 19.0. The van der Waals surface area contributed by atoms with E-state index >= 15 is 0 Å². The van der Waals surface area contributed by atoms with Crippen molar-refractivity contribution in [2.45, 2.75) is 19.0 Å². The highest BCUT2D eigenvalue weighted by molar-refractivity contribution is 8.26. The summed E-state index contributed by atoms with van der Waals surface area (Å²) in [5.74, 6) is -2.72. The minimum absolute atomic E-state index is 0.120. The van der Waals surface area contributed by atoms with Gasteiger partial charge in [0.05, 0.1) is 10.5 Å². The van der Waals surface area contributed by atoms with Crippen LogP contribution in [-0.2, 0) is 9.59 Å². The Morgan fingerprint density at radius 2 is 1.74 bits per heavy atom. The molecule has 0 spiro atoms. The second kappa shape index (κ2) is 11.8. The quantitative estimate of drug-likeness (QED) is 0.281. The van der Waals surface area contributed by atoms with Crippen LogP contribution in [0.5, 0.6) is 0 Å². The van der Waals surface area contributed by atoms with Gasteiger partial charge < -0.3 is 20.4 Å². The number of carbonyl (C=O) groups excluding carboxylic acids is 1. The topological polar surface area (TPSA) is 134 Å². The highest BCUT2D eigenvalue weighted by atomic mass is 32.2. The lowest BCUT2D eigenvalue weighted by Crippen LogP contribution is -2.29. The lowest BCUT2D eigenvalue weighted by molar-refractivity contribution is -0.192. The molecule has 34 heavy (non-hydrogen) atoms. The van der Waals surface area contributed by atoms with Crippen LogP contribution >= 0.6 is 24.0 Å². The van der Waals surface area contributed by atoms with E-state index in [9.17, 15) is 22.8 Å². The van der Waals surface area contributed by atoms with Crippen LogP contribution in [0.25, 0.3) is 17.4 Å². The number of alkyl halides is 3. The number of carbonyl (C=O) groups is 3. The number of aliphatic carboxylic acids is 1. The number of amides is 1. The first kappa shape index (κ1) is 27.1. The van der Waals surface area contributed by atoms with Crippen LogP contribution < -0.4 is 5.73 Å². The van der Waals surface area contributed by atoms with Crippen LogP contribution in [0.15, 0.2) is 45.7 Å². The number of thioether (sulfide) groups is 1. The first-order chi connectivity index (χ1) is 15.9. The highest BCUT2D eigenvalue weighted by Gasteiger charge is 2.38. The minimum atomic E-state index is -5.08. The standard InChI is InChI=1S/C19H18N2O4S2.C2HF3O2/c20-9-1-2-10-21-17(22)16(27-19(21)26)11-14-7-8-15(25-14)12-3-5-13(6-4-12)18(23)24;3-2(4,5)1(6)7/h3-8,11H,1-2,9-10,20H2,(H,23,24);(H,6,7)/b16-11+;. The molecule has 3 rings (SSSR count). The molecule has 1 aromatic heterocycles. The second-order valence-corrected chi connectivity index (χ2v) is 8.39. The Kier molecular flexibility index (Phi) is 9.41. The van der Waals surface area contributed by atoms with Gasteiger partial charge in [0.15, 0.2) is 0 Å². The summed E-state index contributed by atoms with van der Waals surface area (Å²) >= 11 is 6.55. The number of carboxylic acids is 2. The third kappa shape index (κ3) is 7.43. The van der Waals surface area contributed by atoms with Gasteiger partial charge in [0.25, 0.3) is 5.91 Å². The molecule has 2 heterocycles. The molecule has 2 aromatic rings. The number of furan rings is 1. The molecule has 1 aromatic carbocycles. The number of carboxylic acid groups (broad SMARTS) is 2. The van der Waals surface area contributed by atoms with Crippen LogP contribution in [0.2, 0.25) is 0 Å². The van der Waals surface area contributed by atoms with Crippen LogP contribution in [0.4, 0.5) is 13.2 Å². The van der Waals surface area contributed by atoms with E-state index in [0.29, 0.717) is 33.8 Å². The van der Waals surface area contributed by atoms with Gasteiger partial charge in [-0.1, -0.05) is 36.1 Å². The molecular formula is C21H19F3N2O6S2. The Bertz CT molecular complexity index is 1100. The molecule has 0 radical (unpaired) electrons. The maximum Gasteiger partial charge on any atom is 0.490 e. The Morgan fingerprint density at radius 3 is 2.26 bits per heavy atom. The lowest BCUT2D eigenvalue weighted by Gasteiger charge is -2.13. The van der Waals surface area contributed by atoms with Crippen LogP contribution in [0.1, 0.15) is 29.0 Å². The minimum Gasteiger partial charge on any atom is -0.478 e. The number of nitrogens with zero attached hydrogens (tertiary/aromatic N) is 1. The Balaban J connectivity index is 0.000000509. The molecule has 1 fully saturated rings. The predicted octanol–water partition coefficient (Wildman–Crippen LogP) is 4.22. The number of nitrogens with two attached hydrogens (primary N) is 1. The summed E-state index contributed by atoms with van der Waals surface area (Å²) in [5, 5.41) is 16.1. The Hall–Kier alpha value is -3.16. The molecule has 1 amide bonds. The van der Waals surface area contributed by atoms with E-state index in [1.165, 1.54) is 23.9 Å². The number of unbranched alkanes of at least 4 members (excludes halogenated alkanes) is 1. The van der Waals surface area contributed by atoms with E-state index in [2.05, 4.69) is 0 Å². The van der Waals surface area contributed by atoms with Gasteiger partial charge in [-0.25, -0.2) is 9.59 Å². The van der Waals surface area contributed by atoms with Gasteiger partial charge in [-0.3, -0.25) is 9.69 Å². The first-order valence-corrected chi connectivity index (χ1v) is 10.9. The third-order valence-electron chi connectivity index (χ3n) is 4.27. The molecule has 4 N–H and O–H groups in total. The monoisotopic (exact) mass is 516 g/mol. The molecule has 13 heteroatoms. The van der Waals surface area contributed by atoms with Crippen LogP contribution in [0, 0.1) is 0 Å². The van der Waals surface area contributed by atoms with Gasteiger partial charge >= 0.3 is 18.1 Å². The first-order valence-electron chi connectivity index (χ1n) is 9.63. The maximum atomic E-state index is 12.5. The summed E-state index contributed by atoms with van der Waals surface area (Å²) in [6.07, 6.45) is -1.75. The van der Waals surface area contributed by atoms with Gasteiger partial charge in [0, 0.05) is 18.2 Å². The van der Waals surface area contributed by atoms with Gasteiger partial charge in [-0.15, -0.1) is 0 Å². The summed E-state index contributed by atoms with van der Waals surface area (Å²) < 4.78 is 38.1. The number of hydrogen-bond donors (Lipinski definition) is 3. The number of hydrogen-bond acceptors (Lipinski definition) is 7. The lowest BCUT2D eigenvalue weighted by atomic mass is 10.1. The molecule has 1 aliphatic heterocycles. The Morgan fingerprint density at radius 1 is 1.12 bits per heavy atom. The maximum absolute atomic E-state index is 12.5. The summed E-state index contributed by atoms with van der Waals surface area (Å²) in [7, 11) is 0. The smallest absolute Gasteiger partial charge is 0.478 e. The fourth-order valence-corrected chi connectivity index (χ4v) is 3.89. The normalized spacial score (nSPS) is 14.8. The fourth-order valence-electron chi connectivity index (χ4n) is 2.60.